The van der Waals surface area contributed by atoms with Gasteiger partial charge in [-0.3, -0.25) is 13.8 Å². The third-order valence-corrected chi connectivity index (χ3v) is 5.85. The van der Waals surface area contributed by atoms with E-state index in [1.807, 2.05) is 0 Å². The van der Waals surface area contributed by atoms with Gasteiger partial charge in [-0.05, 0) is 11.8 Å². The van der Waals surface area contributed by atoms with Crippen LogP contribution in [-0.2, 0) is 42.1 Å². The SMILES string of the molecule is CC(=O)N[C@H]1[C@H](OCCOCCOCCOP(=O)(O)OCCCOCC(C)(C)C)O[C@H](CO)[C@H](O)[C@@H]1O. The first-order valence-electron chi connectivity index (χ1n) is 12.2. The molecule has 1 rings (SSSR count). The minimum atomic E-state index is -4.16. The van der Waals surface area contributed by atoms with Crippen LogP contribution in [0.25, 0.3) is 0 Å². The molecule has 1 fully saturated rings. The number of ether oxygens (including phenoxy) is 5. The van der Waals surface area contributed by atoms with Gasteiger partial charge in [0.15, 0.2) is 6.29 Å². The third kappa shape index (κ3) is 15.4. The Labute approximate surface area is 218 Å². The van der Waals surface area contributed by atoms with Gasteiger partial charge in [-0.15, -0.1) is 0 Å². The lowest BCUT2D eigenvalue weighted by Crippen LogP contribution is -2.64. The Balaban J connectivity index is 2.10. The molecule has 1 unspecified atom stereocenters. The maximum atomic E-state index is 11.8. The number of nitrogens with one attached hydrogen (secondary N) is 1. The molecule has 1 aliphatic rings. The van der Waals surface area contributed by atoms with Crippen LogP contribution in [0.1, 0.15) is 34.1 Å². The van der Waals surface area contributed by atoms with E-state index in [1.54, 1.807) is 0 Å². The smallest absolute Gasteiger partial charge is 0.394 e. The van der Waals surface area contributed by atoms with Crippen molar-refractivity contribution in [1.29, 1.82) is 0 Å². The van der Waals surface area contributed by atoms with E-state index in [2.05, 4.69) is 26.1 Å². The highest BCUT2D eigenvalue weighted by atomic mass is 31.2. The van der Waals surface area contributed by atoms with Crippen LogP contribution in [-0.4, -0.2) is 123 Å². The molecule has 0 aromatic rings. The summed E-state index contributed by atoms with van der Waals surface area (Å²) < 4.78 is 48.6. The zero-order valence-electron chi connectivity index (χ0n) is 22.1. The first-order valence-corrected chi connectivity index (χ1v) is 13.7. The van der Waals surface area contributed by atoms with E-state index in [0.29, 0.717) is 19.6 Å². The third-order valence-electron chi connectivity index (χ3n) is 4.84. The zero-order valence-corrected chi connectivity index (χ0v) is 23.0. The number of carbonyl (C=O) groups excluding carboxylic acids is 1. The van der Waals surface area contributed by atoms with Gasteiger partial charge >= 0.3 is 7.82 Å². The average molecular weight is 562 g/mol. The highest BCUT2D eigenvalue weighted by Crippen LogP contribution is 2.42. The summed E-state index contributed by atoms with van der Waals surface area (Å²) in [5.74, 6) is -0.446. The van der Waals surface area contributed by atoms with Crippen molar-refractivity contribution in [2.24, 2.45) is 5.41 Å². The molecule has 1 amide bonds. The van der Waals surface area contributed by atoms with Crippen LogP contribution in [0.3, 0.4) is 0 Å². The number of aliphatic hydroxyl groups excluding tert-OH is 3. The van der Waals surface area contributed by atoms with Gasteiger partial charge in [0, 0.05) is 13.5 Å². The number of amides is 1. The van der Waals surface area contributed by atoms with Crippen molar-refractivity contribution in [2.75, 3.05) is 66.1 Å². The van der Waals surface area contributed by atoms with Crippen molar-refractivity contribution in [1.82, 2.24) is 5.32 Å². The summed E-state index contributed by atoms with van der Waals surface area (Å²) in [7, 11) is -4.16. The van der Waals surface area contributed by atoms with Gasteiger partial charge in [0.05, 0.1) is 59.5 Å². The lowest BCUT2D eigenvalue weighted by atomic mass is 9.97. The number of carbonyl (C=O) groups is 1. The second kappa shape index (κ2) is 17.8. The quantitative estimate of drug-likeness (QED) is 0.101. The van der Waals surface area contributed by atoms with Crippen molar-refractivity contribution in [2.45, 2.75) is 64.8 Å². The molecule has 1 heterocycles. The maximum Gasteiger partial charge on any atom is 0.472 e. The van der Waals surface area contributed by atoms with Crippen LogP contribution in [0.4, 0.5) is 0 Å². The predicted molar refractivity (Wildman–Crippen MR) is 130 cm³/mol. The standard InChI is InChI=1S/C22H44NO13P/c1-16(25)23-18-20(27)19(26)17(14-24)36-21(18)33-12-10-30-8-9-31-11-13-35-37(28,29)34-7-5-6-32-15-22(2,3)4/h17-21,24,26-27H,5-15H2,1-4H3,(H,23,25)(H,28,29)/t17-,18-,19+,20-,21-/m1/s1. The molecule has 220 valence electrons. The number of hydrogen-bond donors (Lipinski definition) is 5. The minimum Gasteiger partial charge on any atom is -0.394 e. The van der Waals surface area contributed by atoms with Gasteiger partial charge in [-0.1, -0.05) is 20.8 Å². The summed E-state index contributed by atoms with van der Waals surface area (Å²) in [5, 5.41) is 31.9. The monoisotopic (exact) mass is 561 g/mol. The summed E-state index contributed by atoms with van der Waals surface area (Å²) in [6.07, 6.45) is -4.46. The highest BCUT2D eigenvalue weighted by molar-refractivity contribution is 7.47. The van der Waals surface area contributed by atoms with Crippen LogP contribution < -0.4 is 5.32 Å². The summed E-state index contributed by atoms with van der Waals surface area (Å²) in [6, 6.07) is -1.02. The Bertz CT molecular complexity index is 677. The summed E-state index contributed by atoms with van der Waals surface area (Å²) in [5.41, 5.74) is 0.0534. The molecule has 6 atom stereocenters. The molecule has 1 saturated heterocycles. The first kappa shape index (κ1) is 34.3. The summed E-state index contributed by atoms with van der Waals surface area (Å²) in [6.45, 7) is 8.39. The zero-order chi connectivity index (χ0) is 27.9. The molecule has 14 nitrogen and oxygen atoms in total. The Morgan fingerprint density at radius 3 is 2.11 bits per heavy atom. The van der Waals surface area contributed by atoms with Crippen LogP contribution in [0.2, 0.25) is 0 Å². The number of phosphoric acid groups is 1. The van der Waals surface area contributed by atoms with Crippen molar-refractivity contribution >= 4 is 13.7 Å². The average Bonchev–Trinajstić information content (AvgIpc) is 2.80. The predicted octanol–water partition coefficient (Wildman–Crippen LogP) is -0.434. The first-order chi connectivity index (χ1) is 17.4. The molecule has 0 saturated carbocycles. The summed E-state index contributed by atoms with van der Waals surface area (Å²) >= 11 is 0. The molecule has 0 bridgehead atoms. The van der Waals surface area contributed by atoms with Crippen LogP contribution >= 0.6 is 7.82 Å². The van der Waals surface area contributed by atoms with E-state index in [-0.39, 0.29) is 51.7 Å². The minimum absolute atomic E-state index is 0.0341. The van der Waals surface area contributed by atoms with Crippen LogP contribution in [0.15, 0.2) is 0 Å². The number of aliphatic hydroxyl groups is 3. The molecule has 0 spiro atoms. The van der Waals surface area contributed by atoms with Crippen molar-refractivity contribution in [3.05, 3.63) is 0 Å². The Morgan fingerprint density at radius 2 is 1.51 bits per heavy atom. The second-order valence-electron chi connectivity index (χ2n) is 9.63. The van der Waals surface area contributed by atoms with E-state index < -0.39 is 51.0 Å². The van der Waals surface area contributed by atoms with Gasteiger partial charge in [0.2, 0.25) is 5.91 Å². The molecule has 5 N–H and O–H groups in total. The lowest BCUT2D eigenvalue weighted by Gasteiger charge is -2.42. The van der Waals surface area contributed by atoms with Crippen LogP contribution in [0.5, 0.6) is 0 Å². The van der Waals surface area contributed by atoms with Gasteiger partial charge in [-0.25, -0.2) is 4.57 Å². The van der Waals surface area contributed by atoms with Gasteiger partial charge in [0.25, 0.3) is 0 Å². The van der Waals surface area contributed by atoms with E-state index >= 15 is 0 Å². The fourth-order valence-electron chi connectivity index (χ4n) is 3.13. The molecule has 1 aliphatic heterocycles. The molecular weight excluding hydrogens is 517 g/mol. The van der Waals surface area contributed by atoms with Crippen molar-refractivity contribution in [3.8, 4) is 0 Å². The van der Waals surface area contributed by atoms with Crippen molar-refractivity contribution in [3.63, 3.8) is 0 Å². The van der Waals surface area contributed by atoms with E-state index in [9.17, 15) is 29.6 Å². The maximum absolute atomic E-state index is 11.8. The van der Waals surface area contributed by atoms with Gasteiger partial charge < -0.3 is 49.2 Å². The lowest BCUT2D eigenvalue weighted by molar-refractivity contribution is -0.272. The fourth-order valence-corrected chi connectivity index (χ4v) is 3.87. The van der Waals surface area contributed by atoms with E-state index in [1.165, 1.54) is 6.92 Å². The topological polar surface area (TPSA) is 192 Å². The largest absolute Gasteiger partial charge is 0.472 e. The van der Waals surface area contributed by atoms with E-state index in [0.717, 1.165) is 0 Å². The Hall–Kier alpha value is -0.740. The fraction of sp³-hybridized carbons (Fsp3) is 0.955. The molecule has 0 aliphatic carbocycles. The normalized spacial score (nSPS) is 26.1. The van der Waals surface area contributed by atoms with Gasteiger partial charge in [-0.2, -0.15) is 0 Å². The highest BCUT2D eigenvalue weighted by Gasteiger charge is 2.45. The van der Waals surface area contributed by atoms with E-state index in [4.69, 9.17) is 32.7 Å². The molecule has 37 heavy (non-hydrogen) atoms. The van der Waals surface area contributed by atoms with Gasteiger partial charge in [0.1, 0.15) is 24.4 Å². The molecule has 0 radical (unpaired) electrons. The summed E-state index contributed by atoms with van der Waals surface area (Å²) in [4.78, 5) is 21.0. The molecule has 0 aromatic carbocycles. The molecule has 15 heteroatoms. The Kier molecular flexibility index (Phi) is 16.5. The van der Waals surface area contributed by atoms with Crippen LogP contribution in [0, 0.1) is 5.41 Å². The number of rotatable bonds is 19. The number of hydrogen-bond acceptors (Lipinski definition) is 12. The number of phosphoric ester groups is 1. The molecular formula is C22H44NO13P. The molecule has 0 aromatic heterocycles. The second-order valence-corrected chi connectivity index (χ2v) is 11.1. The Morgan fingerprint density at radius 1 is 0.919 bits per heavy atom. The van der Waals surface area contributed by atoms with Crippen molar-refractivity contribution < 1.29 is 62.3 Å².